The van der Waals surface area contributed by atoms with Crippen molar-refractivity contribution >= 4 is 6.03 Å². The average molecular weight is 250 g/mol. The zero-order valence-corrected chi connectivity index (χ0v) is 11.5. The number of hydrogen-bond donors (Lipinski definition) is 1. The molecule has 1 unspecified atom stereocenters. The molecule has 2 rings (SSSR count). The summed E-state index contributed by atoms with van der Waals surface area (Å²) in [5, 5.41) is 3.10. The molecule has 0 spiro atoms. The van der Waals surface area contributed by atoms with Gasteiger partial charge in [-0.1, -0.05) is 31.4 Å². The fourth-order valence-corrected chi connectivity index (χ4v) is 3.03. The maximum Gasteiger partial charge on any atom is 0.317 e. The Morgan fingerprint density at radius 1 is 1.22 bits per heavy atom. The Kier molecular flexibility index (Phi) is 5.09. The second-order valence-corrected chi connectivity index (χ2v) is 5.74. The molecule has 0 bridgehead atoms. The number of allylic oxidation sites excluding steroid dienone is 2. The molecule has 0 aromatic rings. The van der Waals surface area contributed by atoms with Gasteiger partial charge in [-0.05, 0) is 38.0 Å². The van der Waals surface area contributed by atoms with Crippen molar-refractivity contribution in [2.24, 2.45) is 5.92 Å². The number of amides is 2. The first-order valence-corrected chi connectivity index (χ1v) is 7.43. The lowest BCUT2D eigenvalue weighted by molar-refractivity contribution is 0.172. The van der Waals surface area contributed by atoms with Crippen molar-refractivity contribution in [3.8, 4) is 0 Å². The molecule has 0 radical (unpaired) electrons. The Hall–Kier alpha value is -0.990. The number of carbonyl (C=O) groups is 1. The fourth-order valence-electron chi connectivity index (χ4n) is 3.03. The highest BCUT2D eigenvalue weighted by Gasteiger charge is 2.22. The number of rotatable bonds is 3. The van der Waals surface area contributed by atoms with Crippen molar-refractivity contribution in [3.63, 3.8) is 0 Å². The van der Waals surface area contributed by atoms with E-state index in [0.29, 0.717) is 12.0 Å². The van der Waals surface area contributed by atoms with E-state index >= 15 is 0 Å². The minimum atomic E-state index is 0.122. The van der Waals surface area contributed by atoms with Crippen molar-refractivity contribution in [2.45, 2.75) is 57.4 Å². The third-order valence-corrected chi connectivity index (χ3v) is 4.36. The summed E-state index contributed by atoms with van der Waals surface area (Å²) in [5.41, 5.74) is 0. The van der Waals surface area contributed by atoms with Gasteiger partial charge in [0.25, 0.3) is 0 Å². The number of nitrogens with zero attached hydrogens (tertiary/aromatic N) is 1. The molecular formula is C15H26N2O. The average Bonchev–Trinajstić information content (AvgIpc) is 2.46. The van der Waals surface area contributed by atoms with Gasteiger partial charge >= 0.3 is 6.03 Å². The summed E-state index contributed by atoms with van der Waals surface area (Å²) in [5.74, 6) is 0.638. The molecule has 0 aromatic heterocycles. The largest absolute Gasteiger partial charge is 0.338 e. The Morgan fingerprint density at radius 3 is 2.67 bits per heavy atom. The number of nitrogens with one attached hydrogen (secondary N) is 1. The molecule has 1 atom stereocenters. The molecule has 2 amide bonds. The van der Waals surface area contributed by atoms with Crippen LogP contribution in [0.2, 0.25) is 0 Å². The van der Waals surface area contributed by atoms with Crippen molar-refractivity contribution in [1.82, 2.24) is 10.2 Å². The van der Waals surface area contributed by atoms with E-state index in [0.717, 1.165) is 13.0 Å². The summed E-state index contributed by atoms with van der Waals surface area (Å²) >= 11 is 0. The third-order valence-electron chi connectivity index (χ3n) is 4.36. The van der Waals surface area contributed by atoms with Crippen LogP contribution in [0.5, 0.6) is 0 Å². The van der Waals surface area contributed by atoms with Crippen molar-refractivity contribution < 1.29 is 4.79 Å². The molecule has 3 nitrogen and oxygen atoms in total. The summed E-state index contributed by atoms with van der Waals surface area (Å²) in [6, 6.07) is 0.585. The van der Waals surface area contributed by atoms with Crippen LogP contribution in [0, 0.1) is 5.92 Å². The standard InChI is InChI=1S/C15H26N2O/c1-17(14-10-6-3-7-11-14)15(18)16-12-13-8-4-2-5-9-13/h2,4,13-14H,3,5-12H2,1H3,(H,16,18). The highest BCUT2D eigenvalue weighted by atomic mass is 16.2. The number of urea groups is 1. The molecule has 0 saturated heterocycles. The van der Waals surface area contributed by atoms with E-state index in [1.165, 1.54) is 44.9 Å². The second-order valence-electron chi connectivity index (χ2n) is 5.74. The Bertz CT molecular complexity index is 295. The number of carbonyl (C=O) groups excluding carboxylic acids is 1. The maximum absolute atomic E-state index is 12.1. The first kappa shape index (κ1) is 13.4. The van der Waals surface area contributed by atoms with Gasteiger partial charge < -0.3 is 10.2 Å². The molecule has 0 aromatic carbocycles. The highest BCUT2D eigenvalue weighted by Crippen LogP contribution is 2.22. The summed E-state index contributed by atoms with van der Waals surface area (Å²) in [6.07, 6.45) is 14.2. The Labute approximate surface area is 111 Å². The molecule has 2 aliphatic rings. The van der Waals surface area contributed by atoms with Gasteiger partial charge in [-0.25, -0.2) is 4.79 Å². The van der Waals surface area contributed by atoms with Crippen molar-refractivity contribution in [2.75, 3.05) is 13.6 Å². The lowest BCUT2D eigenvalue weighted by Gasteiger charge is -2.31. The van der Waals surface area contributed by atoms with E-state index in [1.807, 2.05) is 11.9 Å². The Balaban J connectivity index is 1.71. The van der Waals surface area contributed by atoms with E-state index in [2.05, 4.69) is 17.5 Å². The van der Waals surface area contributed by atoms with Gasteiger partial charge in [-0.2, -0.15) is 0 Å². The van der Waals surface area contributed by atoms with Gasteiger partial charge in [0.05, 0.1) is 0 Å². The van der Waals surface area contributed by atoms with Gasteiger partial charge in [0, 0.05) is 19.6 Å². The maximum atomic E-state index is 12.1. The highest BCUT2D eigenvalue weighted by molar-refractivity contribution is 5.74. The predicted octanol–water partition coefficient (Wildman–Crippen LogP) is 3.32. The zero-order valence-electron chi connectivity index (χ0n) is 11.5. The summed E-state index contributed by atoms with van der Waals surface area (Å²) in [6.45, 7) is 0.834. The van der Waals surface area contributed by atoms with Crippen molar-refractivity contribution in [3.05, 3.63) is 12.2 Å². The van der Waals surface area contributed by atoms with Gasteiger partial charge in [-0.15, -0.1) is 0 Å². The van der Waals surface area contributed by atoms with Crippen LogP contribution in [-0.2, 0) is 0 Å². The van der Waals surface area contributed by atoms with Crippen LogP contribution in [0.3, 0.4) is 0 Å². The normalized spacial score (nSPS) is 24.8. The van der Waals surface area contributed by atoms with Gasteiger partial charge in [0.1, 0.15) is 0 Å². The molecule has 3 heteroatoms. The lowest BCUT2D eigenvalue weighted by Crippen LogP contribution is -2.45. The summed E-state index contributed by atoms with van der Waals surface area (Å²) in [4.78, 5) is 14.0. The smallest absolute Gasteiger partial charge is 0.317 e. The van der Waals surface area contributed by atoms with Crippen LogP contribution in [0.1, 0.15) is 51.4 Å². The molecule has 102 valence electrons. The quantitative estimate of drug-likeness (QED) is 0.766. The van der Waals surface area contributed by atoms with Gasteiger partial charge in [0.2, 0.25) is 0 Å². The monoisotopic (exact) mass is 250 g/mol. The zero-order chi connectivity index (χ0) is 12.8. The van der Waals surface area contributed by atoms with Crippen LogP contribution in [0.25, 0.3) is 0 Å². The minimum Gasteiger partial charge on any atom is -0.338 e. The van der Waals surface area contributed by atoms with Crippen molar-refractivity contribution in [1.29, 1.82) is 0 Å². The van der Waals surface area contributed by atoms with Crippen LogP contribution >= 0.6 is 0 Å². The van der Waals surface area contributed by atoms with Crippen LogP contribution in [0.4, 0.5) is 4.79 Å². The van der Waals surface area contributed by atoms with Gasteiger partial charge in [-0.3, -0.25) is 0 Å². The molecule has 2 aliphatic carbocycles. The summed E-state index contributed by atoms with van der Waals surface area (Å²) < 4.78 is 0. The van der Waals surface area contributed by atoms with Crippen LogP contribution in [0.15, 0.2) is 12.2 Å². The molecule has 1 saturated carbocycles. The molecule has 1 N–H and O–H groups in total. The van der Waals surface area contributed by atoms with E-state index in [4.69, 9.17) is 0 Å². The van der Waals surface area contributed by atoms with Crippen LogP contribution in [-0.4, -0.2) is 30.6 Å². The topological polar surface area (TPSA) is 32.3 Å². The molecule has 0 heterocycles. The fraction of sp³-hybridized carbons (Fsp3) is 0.800. The summed E-state index contributed by atoms with van der Waals surface area (Å²) in [7, 11) is 1.95. The SMILES string of the molecule is CN(C(=O)NCC1CC=CCC1)C1CCCCC1. The van der Waals surface area contributed by atoms with E-state index in [1.54, 1.807) is 0 Å². The molecule has 1 fully saturated rings. The first-order chi connectivity index (χ1) is 8.77. The van der Waals surface area contributed by atoms with Gasteiger partial charge in [0.15, 0.2) is 0 Å². The van der Waals surface area contributed by atoms with E-state index in [-0.39, 0.29) is 6.03 Å². The Morgan fingerprint density at radius 2 is 2.00 bits per heavy atom. The number of hydrogen-bond acceptors (Lipinski definition) is 1. The molecule has 0 aliphatic heterocycles. The van der Waals surface area contributed by atoms with E-state index in [9.17, 15) is 4.79 Å². The first-order valence-electron chi connectivity index (χ1n) is 7.43. The van der Waals surface area contributed by atoms with E-state index < -0.39 is 0 Å². The third kappa shape index (κ3) is 3.76. The lowest BCUT2D eigenvalue weighted by atomic mass is 9.94. The predicted molar refractivity (Wildman–Crippen MR) is 74.5 cm³/mol. The molecule has 18 heavy (non-hydrogen) atoms. The minimum absolute atomic E-state index is 0.122. The second kappa shape index (κ2) is 6.81. The molecular weight excluding hydrogens is 224 g/mol. The van der Waals surface area contributed by atoms with Crippen LogP contribution < -0.4 is 5.32 Å².